The van der Waals surface area contributed by atoms with Crippen LogP contribution in [0.15, 0.2) is 28.4 Å². The number of hydrogen-bond acceptors (Lipinski definition) is 5. The number of aromatic nitrogens is 4. The van der Waals surface area contributed by atoms with Crippen LogP contribution in [0.1, 0.15) is 26.6 Å². The molecule has 0 aliphatic heterocycles. The third-order valence-electron chi connectivity index (χ3n) is 3.40. The molecule has 3 aromatic heterocycles. The Morgan fingerprint density at radius 3 is 2.78 bits per heavy atom. The lowest BCUT2D eigenvalue weighted by Crippen LogP contribution is -2.20. The number of nitrogens with one attached hydrogen (secondary N) is 2. The highest BCUT2D eigenvalue weighted by atomic mass is 32.1. The van der Waals surface area contributed by atoms with Crippen molar-refractivity contribution in [3.8, 4) is 5.95 Å². The molecule has 0 aliphatic rings. The maximum Gasteiger partial charge on any atom is 0.266 e. The number of carbonyl (C=O) groups is 1. The normalized spacial score (nSPS) is 10.7. The second-order valence-electron chi connectivity index (χ2n) is 5.11. The molecule has 0 saturated carbocycles. The first-order valence-corrected chi connectivity index (χ1v) is 7.83. The molecule has 23 heavy (non-hydrogen) atoms. The SMILES string of the molecule is Cc1cc(NC(=O)c2cccs2)n(-c2nc(C)c(C)c(=O)[nH]2)n1. The standard InChI is InChI=1S/C15H15N5O2S/c1-8-7-12(17-14(22)11-5-4-6-23-11)20(19-8)15-16-10(3)9(2)13(21)18-15/h4-7H,1-3H3,(H,17,22)(H,16,18,21). The highest BCUT2D eigenvalue weighted by Crippen LogP contribution is 2.17. The second kappa shape index (κ2) is 5.81. The summed E-state index contributed by atoms with van der Waals surface area (Å²) in [6.07, 6.45) is 0. The van der Waals surface area contributed by atoms with Crippen LogP contribution in [0.5, 0.6) is 0 Å². The summed E-state index contributed by atoms with van der Waals surface area (Å²) < 4.78 is 1.43. The Kier molecular flexibility index (Phi) is 3.83. The first-order valence-electron chi connectivity index (χ1n) is 6.95. The topological polar surface area (TPSA) is 92.7 Å². The molecule has 1 amide bonds. The quantitative estimate of drug-likeness (QED) is 0.770. The van der Waals surface area contributed by atoms with E-state index in [1.807, 2.05) is 11.4 Å². The lowest BCUT2D eigenvalue weighted by atomic mass is 10.3. The van der Waals surface area contributed by atoms with Crippen LogP contribution in [0, 0.1) is 20.8 Å². The van der Waals surface area contributed by atoms with E-state index >= 15 is 0 Å². The van der Waals surface area contributed by atoms with E-state index in [1.165, 1.54) is 16.0 Å². The van der Waals surface area contributed by atoms with Gasteiger partial charge in [0.15, 0.2) is 0 Å². The zero-order chi connectivity index (χ0) is 16.6. The molecule has 7 nitrogen and oxygen atoms in total. The molecule has 0 aliphatic carbocycles. The van der Waals surface area contributed by atoms with Crippen LogP contribution < -0.4 is 10.9 Å². The van der Waals surface area contributed by atoms with E-state index in [0.717, 1.165) is 0 Å². The van der Waals surface area contributed by atoms with Gasteiger partial charge >= 0.3 is 0 Å². The third-order valence-corrected chi connectivity index (χ3v) is 4.27. The van der Waals surface area contributed by atoms with E-state index in [9.17, 15) is 9.59 Å². The summed E-state index contributed by atoms with van der Waals surface area (Å²) in [4.78, 5) is 31.8. The molecule has 0 fully saturated rings. The number of H-pyrrole nitrogens is 1. The molecule has 0 spiro atoms. The molecule has 3 heterocycles. The molecule has 0 aromatic carbocycles. The predicted octanol–water partition coefficient (Wildman–Crippen LogP) is 2.19. The van der Waals surface area contributed by atoms with Crippen molar-refractivity contribution in [3.05, 3.63) is 55.8 Å². The number of aromatic amines is 1. The van der Waals surface area contributed by atoms with Crippen LogP contribution in [0.2, 0.25) is 0 Å². The fourth-order valence-corrected chi connectivity index (χ4v) is 2.69. The van der Waals surface area contributed by atoms with Gasteiger partial charge in [0, 0.05) is 17.3 Å². The number of anilines is 1. The maximum absolute atomic E-state index is 12.2. The molecule has 2 N–H and O–H groups in total. The Labute approximate surface area is 136 Å². The van der Waals surface area contributed by atoms with Gasteiger partial charge < -0.3 is 5.32 Å². The van der Waals surface area contributed by atoms with Crippen LogP contribution in [-0.4, -0.2) is 25.7 Å². The van der Waals surface area contributed by atoms with Gasteiger partial charge in [0.05, 0.1) is 10.6 Å². The molecular weight excluding hydrogens is 314 g/mol. The van der Waals surface area contributed by atoms with Crippen molar-refractivity contribution >= 4 is 23.1 Å². The summed E-state index contributed by atoms with van der Waals surface area (Å²) in [5, 5.41) is 8.93. The van der Waals surface area contributed by atoms with Gasteiger partial charge in [-0.2, -0.15) is 9.78 Å². The van der Waals surface area contributed by atoms with Crippen molar-refractivity contribution in [2.24, 2.45) is 0 Å². The number of aryl methyl sites for hydroxylation is 2. The van der Waals surface area contributed by atoms with E-state index in [4.69, 9.17) is 0 Å². The summed E-state index contributed by atoms with van der Waals surface area (Å²) >= 11 is 1.35. The fraction of sp³-hybridized carbons (Fsp3) is 0.200. The van der Waals surface area contributed by atoms with Gasteiger partial charge in [-0.25, -0.2) is 4.98 Å². The Hall–Kier alpha value is -2.74. The summed E-state index contributed by atoms with van der Waals surface area (Å²) in [5.74, 6) is 0.493. The monoisotopic (exact) mass is 329 g/mol. The molecule has 8 heteroatoms. The molecule has 3 aromatic rings. The van der Waals surface area contributed by atoms with Gasteiger partial charge in [-0.15, -0.1) is 11.3 Å². The molecule has 118 valence electrons. The molecule has 3 rings (SSSR count). The van der Waals surface area contributed by atoms with Crippen molar-refractivity contribution in [1.29, 1.82) is 0 Å². The van der Waals surface area contributed by atoms with Gasteiger partial charge in [-0.05, 0) is 32.2 Å². The second-order valence-corrected chi connectivity index (χ2v) is 6.06. The van der Waals surface area contributed by atoms with Crippen LogP contribution >= 0.6 is 11.3 Å². The van der Waals surface area contributed by atoms with Crippen molar-refractivity contribution in [1.82, 2.24) is 19.7 Å². The van der Waals surface area contributed by atoms with Gasteiger partial charge in [0.2, 0.25) is 5.95 Å². The van der Waals surface area contributed by atoms with Crippen LogP contribution in [0.3, 0.4) is 0 Å². The predicted molar refractivity (Wildman–Crippen MR) is 88.5 cm³/mol. The van der Waals surface area contributed by atoms with E-state index in [-0.39, 0.29) is 17.4 Å². The Balaban J connectivity index is 2.01. The molecule has 0 saturated heterocycles. The molecule has 0 bridgehead atoms. The van der Waals surface area contributed by atoms with E-state index in [0.29, 0.717) is 27.6 Å². The summed E-state index contributed by atoms with van der Waals surface area (Å²) in [6.45, 7) is 5.27. The number of rotatable bonds is 3. The molecule has 0 atom stereocenters. The number of amides is 1. The molecule has 0 radical (unpaired) electrons. The Morgan fingerprint density at radius 2 is 2.13 bits per heavy atom. The number of nitrogens with zero attached hydrogens (tertiary/aromatic N) is 3. The molecular formula is C15H15N5O2S. The Bertz CT molecular complexity index is 924. The average molecular weight is 329 g/mol. The minimum atomic E-state index is -0.229. The number of carbonyl (C=O) groups excluding carboxylic acids is 1. The lowest BCUT2D eigenvalue weighted by molar-refractivity contribution is 0.103. The van der Waals surface area contributed by atoms with Crippen molar-refractivity contribution in [3.63, 3.8) is 0 Å². The minimum absolute atomic E-state index is 0.226. The number of thiophene rings is 1. The fourth-order valence-electron chi connectivity index (χ4n) is 2.07. The summed E-state index contributed by atoms with van der Waals surface area (Å²) in [7, 11) is 0. The van der Waals surface area contributed by atoms with Gasteiger partial charge in [-0.1, -0.05) is 6.07 Å². The van der Waals surface area contributed by atoms with Crippen molar-refractivity contribution in [2.45, 2.75) is 20.8 Å². The van der Waals surface area contributed by atoms with E-state index in [1.54, 1.807) is 32.9 Å². The van der Waals surface area contributed by atoms with Gasteiger partial charge in [-0.3, -0.25) is 14.6 Å². The van der Waals surface area contributed by atoms with Crippen molar-refractivity contribution in [2.75, 3.05) is 5.32 Å². The van der Waals surface area contributed by atoms with Crippen molar-refractivity contribution < 1.29 is 4.79 Å². The van der Waals surface area contributed by atoms with Crippen LogP contribution in [0.25, 0.3) is 5.95 Å². The smallest absolute Gasteiger partial charge is 0.266 e. The zero-order valence-corrected chi connectivity index (χ0v) is 13.7. The number of hydrogen-bond donors (Lipinski definition) is 2. The first kappa shape index (κ1) is 15.2. The highest BCUT2D eigenvalue weighted by Gasteiger charge is 2.15. The first-order chi connectivity index (χ1) is 11.0. The van der Waals surface area contributed by atoms with Gasteiger partial charge in [0.25, 0.3) is 11.5 Å². The summed E-state index contributed by atoms with van der Waals surface area (Å²) in [5.41, 5.74) is 1.65. The molecule has 0 unspecified atom stereocenters. The Morgan fingerprint density at radius 1 is 1.35 bits per heavy atom. The largest absolute Gasteiger partial charge is 0.306 e. The highest BCUT2D eigenvalue weighted by molar-refractivity contribution is 7.12. The van der Waals surface area contributed by atoms with Crippen LogP contribution in [-0.2, 0) is 0 Å². The van der Waals surface area contributed by atoms with E-state index < -0.39 is 0 Å². The maximum atomic E-state index is 12.2. The third kappa shape index (κ3) is 2.93. The van der Waals surface area contributed by atoms with E-state index in [2.05, 4.69) is 20.4 Å². The van der Waals surface area contributed by atoms with Crippen LogP contribution in [0.4, 0.5) is 5.82 Å². The summed E-state index contributed by atoms with van der Waals surface area (Å²) in [6, 6.07) is 5.27. The zero-order valence-electron chi connectivity index (χ0n) is 12.9. The van der Waals surface area contributed by atoms with Gasteiger partial charge in [0.1, 0.15) is 5.82 Å². The average Bonchev–Trinajstić information content (AvgIpc) is 3.14. The lowest BCUT2D eigenvalue weighted by Gasteiger charge is -2.08. The minimum Gasteiger partial charge on any atom is -0.306 e.